The van der Waals surface area contributed by atoms with Crippen LogP contribution in [-0.2, 0) is 0 Å². The minimum Gasteiger partial charge on any atom is -0.493 e. The zero-order valence-corrected chi connectivity index (χ0v) is 25.6. The summed E-state index contributed by atoms with van der Waals surface area (Å²) in [7, 11) is 0. The maximum atomic E-state index is 13.4. The van der Waals surface area contributed by atoms with Crippen molar-refractivity contribution in [1.29, 1.82) is 0 Å². The molecule has 0 unspecified atom stereocenters. The van der Waals surface area contributed by atoms with Crippen LogP contribution in [0.4, 0.5) is 8.78 Å². The Kier molecular flexibility index (Phi) is 15.5. The number of hydrogen-bond donors (Lipinski definition) is 0. The van der Waals surface area contributed by atoms with Crippen LogP contribution >= 0.6 is 0 Å². The standard InChI is InChI=1S/C38H48F2O2/c1-3-5-7-9-11-13-27-41-37-29-34(22-16-32-19-25-36(40)26-20-32)38(42-28-14-12-10-8-6-4-2)30-33(37)21-15-31-17-23-35(39)24-18-31/h15-26,29-30H,3-14,27-28H2,1-2H3/b21-15+,22-16+. The zero-order chi connectivity index (χ0) is 29.8. The highest BCUT2D eigenvalue weighted by Crippen LogP contribution is 2.33. The summed E-state index contributed by atoms with van der Waals surface area (Å²) in [5, 5.41) is 0. The van der Waals surface area contributed by atoms with Gasteiger partial charge in [-0.15, -0.1) is 0 Å². The number of benzene rings is 3. The largest absolute Gasteiger partial charge is 0.493 e. The van der Waals surface area contributed by atoms with E-state index in [2.05, 4.69) is 13.8 Å². The van der Waals surface area contributed by atoms with E-state index in [-0.39, 0.29) is 11.6 Å². The van der Waals surface area contributed by atoms with Gasteiger partial charge in [-0.25, -0.2) is 8.78 Å². The molecule has 0 bridgehead atoms. The van der Waals surface area contributed by atoms with Gasteiger partial charge >= 0.3 is 0 Å². The first-order valence-corrected chi connectivity index (χ1v) is 15.9. The second kappa shape index (κ2) is 19.7. The fraction of sp³-hybridized carbons (Fsp3) is 0.421. The third kappa shape index (κ3) is 12.6. The van der Waals surface area contributed by atoms with E-state index in [0.29, 0.717) is 13.2 Å². The van der Waals surface area contributed by atoms with Crippen molar-refractivity contribution in [3.63, 3.8) is 0 Å². The topological polar surface area (TPSA) is 18.5 Å². The van der Waals surface area contributed by atoms with E-state index in [9.17, 15) is 8.78 Å². The van der Waals surface area contributed by atoms with Crippen molar-refractivity contribution in [1.82, 2.24) is 0 Å². The van der Waals surface area contributed by atoms with Crippen LogP contribution in [0.15, 0.2) is 60.7 Å². The van der Waals surface area contributed by atoms with E-state index in [1.807, 2.05) is 36.4 Å². The molecule has 4 heteroatoms. The molecule has 0 aliphatic heterocycles. The van der Waals surface area contributed by atoms with Gasteiger partial charge < -0.3 is 9.47 Å². The molecule has 2 nitrogen and oxygen atoms in total. The van der Waals surface area contributed by atoms with E-state index >= 15 is 0 Å². The van der Waals surface area contributed by atoms with Gasteiger partial charge in [0.15, 0.2) is 0 Å². The summed E-state index contributed by atoms with van der Waals surface area (Å²) in [6.07, 6.45) is 22.3. The van der Waals surface area contributed by atoms with Crippen molar-refractivity contribution in [3.05, 3.63) is 94.6 Å². The number of rotatable bonds is 20. The molecule has 3 rings (SSSR count). The quantitative estimate of drug-likeness (QED) is 0.0987. The number of hydrogen-bond acceptors (Lipinski definition) is 2. The Balaban J connectivity index is 1.83. The van der Waals surface area contributed by atoms with E-state index < -0.39 is 0 Å². The molecule has 0 spiro atoms. The van der Waals surface area contributed by atoms with Gasteiger partial charge in [0.05, 0.1) is 13.2 Å². The summed E-state index contributed by atoms with van der Waals surface area (Å²) in [6.45, 7) is 5.74. The third-order valence-corrected chi connectivity index (χ3v) is 7.30. The molecule has 0 saturated heterocycles. The van der Waals surface area contributed by atoms with Crippen LogP contribution in [0.3, 0.4) is 0 Å². The Morgan fingerprint density at radius 2 is 0.833 bits per heavy atom. The average molecular weight is 575 g/mol. The normalized spacial score (nSPS) is 11.5. The van der Waals surface area contributed by atoms with E-state index in [1.165, 1.54) is 75.6 Å². The van der Waals surface area contributed by atoms with Crippen LogP contribution in [-0.4, -0.2) is 13.2 Å². The Bertz CT molecular complexity index is 1120. The molecular weight excluding hydrogens is 526 g/mol. The monoisotopic (exact) mass is 574 g/mol. The molecular formula is C38H48F2O2. The van der Waals surface area contributed by atoms with Crippen molar-refractivity contribution < 1.29 is 18.3 Å². The van der Waals surface area contributed by atoms with E-state index in [4.69, 9.17) is 9.47 Å². The minimum atomic E-state index is -0.252. The molecule has 0 heterocycles. The highest BCUT2D eigenvalue weighted by molar-refractivity contribution is 5.78. The summed E-state index contributed by atoms with van der Waals surface area (Å²) >= 11 is 0. The second-order valence-electron chi connectivity index (χ2n) is 10.9. The molecule has 0 aliphatic rings. The lowest BCUT2D eigenvalue weighted by Gasteiger charge is -2.15. The Morgan fingerprint density at radius 3 is 1.21 bits per heavy atom. The van der Waals surface area contributed by atoms with Crippen molar-refractivity contribution in [2.45, 2.75) is 90.9 Å². The molecule has 226 valence electrons. The predicted octanol–water partition coefficient (Wildman–Crippen LogP) is 11.8. The van der Waals surface area contributed by atoms with Crippen molar-refractivity contribution in [3.8, 4) is 11.5 Å². The first kappa shape index (κ1) is 33.1. The summed E-state index contributed by atoms with van der Waals surface area (Å²) < 4.78 is 39.6. The molecule has 3 aromatic carbocycles. The van der Waals surface area contributed by atoms with Gasteiger partial charge in [-0.1, -0.05) is 127 Å². The smallest absolute Gasteiger partial charge is 0.127 e. The van der Waals surface area contributed by atoms with Crippen LogP contribution in [0.2, 0.25) is 0 Å². The molecule has 3 aromatic rings. The van der Waals surface area contributed by atoms with Crippen LogP contribution in [0.5, 0.6) is 11.5 Å². The maximum absolute atomic E-state index is 13.4. The Hall–Kier alpha value is -3.40. The van der Waals surface area contributed by atoms with E-state index in [1.54, 1.807) is 24.3 Å². The lowest BCUT2D eigenvalue weighted by Crippen LogP contribution is -2.03. The first-order valence-electron chi connectivity index (χ1n) is 15.9. The molecule has 0 saturated carbocycles. The highest BCUT2D eigenvalue weighted by Gasteiger charge is 2.11. The Labute approximate surface area is 252 Å². The Morgan fingerprint density at radius 1 is 0.476 bits per heavy atom. The molecule has 0 N–H and O–H groups in total. The van der Waals surface area contributed by atoms with Gasteiger partial charge in [-0.2, -0.15) is 0 Å². The number of halogens is 2. The summed E-state index contributed by atoms with van der Waals surface area (Å²) in [6, 6.07) is 17.0. The van der Waals surface area contributed by atoms with Gasteiger partial charge in [0.2, 0.25) is 0 Å². The van der Waals surface area contributed by atoms with Crippen molar-refractivity contribution in [2.24, 2.45) is 0 Å². The van der Waals surface area contributed by atoms with Crippen molar-refractivity contribution >= 4 is 24.3 Å². The molecule has 0 amide bonds. The van der Waals surface area contributed by atoms with Gasteiger partial charge in [0.1, 0.15) is 23.1 Å². The average Bonchev–Trinajstić information content (AvgIpc) is 3.00. The second-order valence-corrected chi connectivity index (χ2v) is 10.9. The van der Waals surface area contributed by atoms with Gasteiger partial charge in [-0.3, -0.25) is 0 Å². The molecule has 0 aliphatic carbocycles. The van der Waals surface area contributed by atoms with Crippen LogP contribution in [0.25, 0.3) is 24.3 Å². The fourth-order valence-electron chi connectivity index (χ4n) is 4.75. The summed E-state index contributed by atoms with van der Waals surface area (Å²) in [4.78, 5) is 0. The lowest BCUT2D eigenvalue weighted by molar-refractivity contribution is 0.295. The highest BCUT2D eigenvalue weighted by atomic mass is 19.1. The van der Waals surface area contributed by atoms with Crippen LogP contribution in [0.1, 0.15) is 113 Å². The minimum absolute atomic E-state index is 0.252. The lowest BCUT2D eigenvalue weighted by atomic mass is 10.0. The van der Waals surface area contributed by atoms with E-state index in [0.717, 1.165) is 59.4 Å². The molecule has 0 radical (unpaired) electrons. The van der Waals surface area contributed by atoms with Gasteiger partial charge in [-0.05, 0) is 60.4 Å². The number of ether oxygens (including phenoxy) is 2. The predicted molar refractivity (Wildman–Crippen MR) is 175 cm³/mol. The van der Waals surface area contributed by atoms with Gasteiger partial charge in [0, 0.05) is 11.1 Å². The maximum Gasteiger partial charge on any atom is 0.127 e. The molecule has 0 atom stereocenters. The third-order valence-electron chi connectivity index (χ3n) is 7.30. The molecule has 0 fully saturated rings. The van der Waals surface area contributed by atoms with Crippen LogP contribution in [0, 0.1) is 11.6 Å². The first-order chi connectivity index (χ1) is 20.6. The molecule has 0 aromatic heterocycles. The summed E-state index contributed by atoms with van der Waals surface area (Å²) in [5.74, 6) is 1.07. The van der Waals surface area contributed by atoms with Gasteiger partial charge in [0.25, 0.3) is 0 Å². The van der Waals surface area contributed by atoms with Crippen LogP contribution < -0.4 is 9.47 Å². The molecule has 42 heavy (non-hydrogen) atoms. The summed E-state index contributed by atoms with van der Waals surface area (Å²) in [5.41, 5.74) is 3.66. The zero-order valence-electron chi connectivity index (χ0n) is 25.6. The number of unbranched alkanes of at least 4 members (excludes halogenated alkanes) is 10. The SMILES string of the molecule is CCCCCCCCOc1cc(/C=C/c2ccc(F)cc2)c(OCCCCCCCC)cc1/C=C/c1ccc(F)cc1. The fourth-order valence-corrected chi connectivity index (χ4v) is 4.75. The van der Waals surface area contributed by atoms with Crippen molar-refractivity contribution in [2.75, 3.05) is 13.2 Å².